The van der Waals surface area contributed by atoms with E-state index in [2.05, 4.69) is 20.1 Å². The average molecular weight is 270 g/mol. The standard InChI is InChI=1S/C12H22N4OS/c1-10(18(2)17)6-7-13-9-12-15-14-11-5-3-4-8-16(11)12/h10,13H,3-9H2,1-2H3. The fourth-order valence-corrected chi connectivity index (χ4v) is 2.62. The van der Waals surface area contributed by atoms with Gasteiger partial charge in [0.15, 0.2) is 0 Å². The molecule has 5 nitrogen and oxygen atoms in total. The first-order valence-electron chi connectivity index (χ1n) is 6.62. The van der Waals surface area contributed by atoms with E-state index in [-0.39, 0.29) is 5.25 Å². The molecule has 2 rings (SSSR count). The average Bonchev–Trinajstić information content (AvgIpc) is 2.77. The zero-order valence-electron chi connectivity index (χ0n) is 11.2. The molecule has 1 aromatic heterocycles. The topological polar surface area (TPSA) is 59.8 Å². The van der Waals surface area contributed by atoms with Gasteiger partial charge < -0.3 is 9.88 Å². The molecule has 1 aliphatic heterocycles. The van der Waals surface area contributed by atoms with Crippen LogP contribution in [0.25, 0.3) is 0 Å². The summed E-state index contributed by atoms with van der Waals surface area (Å²) in [6, 6.07) is 0. The summed E-state index contributed by atoms with van der Waals surface area (Å²) >= 11 is 0. The second-order valence-electron chi connectivity index (χ2n) is 4.92. The number of hydrogen-bond donors (Lipinski definition) is 1. The van der Waals surface area contributed by atoms with Crippen LogP contribution in [0.3, 0.4) is 0 Å². The number of nitrogens with zero attached hydrogens (tertiary/aromatic N) is 3. The summed E-state index contributed by atoms with van der Waals surface area (Å²) in [6.45, 7) is 4.71. The van der Waals surface area contributed by atoms with E-state index in [0.29, 0.717) is 0 Å². The maximum Gasteiger partial charge on any atom is 0.147 e. The molecule has 0 radical (unpaired) electrons. The quantitative estimate of drug-likeness (QED) is 0.779. The van der Waals surface area contributed by atoms with Gasteiger partial charge in [-0.2, -0.15) is 0 Å². The van der Waals surface area contributed by atoms with Crippen molar-refractivity contribution in [2.75, 3.05) is 12.8 Å². The largest absolute Gasteiger partial charge is 0.314 e. The van der Waals surface area contributed by atoms with Crippen LogP contribution in [-0.2, 0) is 30.3 Å². The molecule has 1 aliphatic rings. The summed E-state index contributed by atoms with van der Waals surface area (Å²) in [6.07, 6.45) is 6.21. The van der Waals surface area contributed by atoms with Crippen molar-refractivity contribution in [2.45, 2.75) is 50.9 Å². The Labute approximate surface area is 111 Å². The predicted molar refractivity (Wildman–Crippen MR) is 72.8 cm³/mol. The number of hydrogen-bond acceptors (Lipinski definition) is 4. The third kappa shape index (κ3) is 3.38. The summed E-state index contributed by atoms with van der Waals surface area (Å²) in [5.74, 6) is 2.16. The second kappa shape index (κ2) is 6.43. The van der Waals surface area contributed by atoms with Gasteiger partial charge in [0, 0.05) is 35.3 Å². The highest BCUT2D eigenvalue weighted by Crippen LogP contribution is 2.13. The van der Waals surface area contributed by atoms with E-state index in [1.54, 1.807) is 6.26 Å². The summed E-state index contributed by atoms with van der Waals surface area (Å²) in [7, 11) is -0.726. The van der Waals surface area contributed by atoms with Crippen LogP contribution >= 0.6 is 0 Å². The minimum atomic E-state index is -0.726. The maximum atomic E-state index is 11.2. The number of nitrogens with one attached hydrogen (secondary N) is 1. The van der Waals surface area contributed by atoms with Crippen LogP contribution in [0.5, 0.6) is 0 Å². The van der Waals surface area contributed by atoms with Gasteiger partial charge in [0.25, 0.3) is 0 Å². The molecule has 0 spiro atoms. The van der Waals surface area contributed by atoms with Crippen LogP contribution in [0.1, 0.15) is 37.8 Å². The van der Waals surface area contributed by atoms with Crippen LogP contribution in [0.4, 0.5) is 0 Å². The van der Waals surface area contributed by atoms with Crippen molar-refractivity contribution in [3.8, 4) is 0 Å². The van der Waals surface area contributed by atoms with Crippen LogP contribution < -0.4 is 5.32 Å². The van der Waals surface area contributed by atoms with Crippen molar-refractivity contribution in [2.24, 2.45) is 0 Å². The molecule has 0 bridgehead atoms. The van der Waals surface area contributed by atoms with E-state index in [9.17, 15) is 4.21 Å². The molecule has 2 heterocycles. The minimum Gasteiger partial charge on any atom is -0.314 e. The first kappa shape index (κ1) is 13.7. The van der Waals surface area contributed by atoms with E-state index < -0.39 is 10.8 Å². The highest BCUT2D eigenvalue weighted by Gasteiger charge is 2.15. The molecule has 0 saturated heterocycles. The smallest absolute Gasteiger partial charge is 0.147 e. The van der Waals surface area contributed by atoms with Gasteiger partial charge in [-0.25, -0.2) is 0 Å². The van der Waals surface area contributed by atoms with Gasteiger partial charge in [-0.05, 0) is 25.8 Å². The molecule has 1 aromatic rings. The molecular weight excluding hydrogens is 248 g/mol. The molecule has 1 N–H and O–H groups in total. The summed E-state index contributed by atoms with van der Waals surface area (Å²) in [4.78, 5) is 0. The van der Waals surface area contributed by atoms with Crippen LogP contribution in [0.15, 0.2) is 0 Å². The van der Waals surface area contributed by atoms with E-state index in [4.69, 9.17) is 0 Å². The lowest BCUT2D eigenvalue weighted by atomic mass is 10.2. The van der Waals surface area contributed by atoms with Crippen molar-refractivity contribution < 1.29 is 4.21 Å². The second-order valence-corrected chi connectivity index (χ2v) is 6.72. The third-order valence-electron chi connectivity index (χ3n) is 3.51. The fraction of sp³-hybridized carbons (Fsp3) is 0.833. The molecule has 0 amide bonds. The molecule has 0 fully saturated rings. The zero-order valence-corrected chi connectivity index (χ0v) is 12.0. The van der Waals surface area contributed by atoms with Crippen LogP contribution in [0.2, 0.25) is 0 Å². The summed E-state index contributed by atoms with van der Waals surface area (Å²) < 4.78 is 13.4. The molecule has 0 aromatic carbocycles. The SMILES string of the molecule is CC(CCNCc1nnc2n1CCCC2)S(C)=O. The molecule has 2 unspecified atom stereocenters. The highest BCUT2D eigenvalue weighted by molar-refractivity contribution is 7.84. The van der Waals surface area contributed by atoms with E-state index in [0.717, 1.165) is 44.1 Å². The lowest BCUT2D eigenvalue weighted by Gasteiger charge is -2.15. The van der Waals surface area contributed by atoms with Crippen molar-refractivity contribution in [1.29, 1.82) is 0 Å². The van der Waals surface area contributed by atoms with Crippen molar-refractivity contribution in [3.05, 3.63) is 11.6 Å². The summed E-state index contributed by atoms with van der Waals surface area (Å²) in [5.41, 5.74) is 0. The van der Waals surface area contributed by atoms with E-state index >= 15 is 0 Å². The van der Waals surface area contributed by atoms with Crippen LogP contribution in [0, 0.1) is 0 Å². The Bertz CT molecular complexity index is 418. The van der Waals surface area contributed by atoms with Crippen molar-refractivity contribution in [3.63, 3.8) is 0 Å². The predicted octanol–water partition coefficient (Wildman–Crippen LogP) is 0.861. The lowest BCUT2D eigenvalue weighted by molar-refractivity contribution is 0.496. The third-order valence-corrected chi connectivity index (χ3v) is 4.88. The Morgan fingerprint density at radius 1 is 1.44 bits per heavy atom. The van der Waals surface area contributed by atoms with E-state index in [1.807, 2.05) is 6.92 Å². The monoisotopic (exact) mass is 270 g/mol. The van der Waals surface area contributed by atoms with E-state index in [1.165, 1.54) is 12.8 Å². The fourth-order valence-electron chi connectivity index (χ4n) is 2.17. The molecule has 0 saturated carbocycles. The number of rotatable bonds is 6. The lowest BCUT2D eigenvalue weighted by Crippen LogP contribution is -2.23. The first-order valence-corrected chi connectivity index (χ1v) is 8.24. The Morgan fingerprint density at radius 2 is 2.28 bits per heavy atom. The first-order chi connectivity index (χ1) is 8.68. The molecule has 0 aliphatic carbocycles. The minimum absolute atomic E-state index is 0.254. The molecular formula is C12H22N4OS. The highest BCUT2D eigenvalue weighted by atomic mass is 32.2. The number of aryl methyl sites for hydroxylation is 1. The van der Waals surface area contributed by atoms with Crippen molar-refractivity contribution >= 4 is 10.8 Å². The number of aromatic nitrogens is 3. The maximum absolute atomic E-state index is 11.2. The summed E-state index contributed by atoms with van der Waals surface area (Å²) in [5, 5.41) is 12.1. The Hall–Kier alpha value is -0.750. The van der Waals surface area contributed by atoms with Crippen LogP contribution in [-0.4, -0.2) is 37.0 Å². The van der Waals surface area contributed by atoms with Gasteiger partial charge in [-0.15, -0.1) is 10.2 Å². The number of fused-ring (bicyclic) bond motifs is 1. The normalized spacial score (nSPS) is 18.3. The van der Waals surface area contributed by atoms with Gasteiger partial charge in [-0.3, -0.25) is 4.21 Å². The molecule has 102 valence electrons. The Morgan fingerprint density at radius 3 is 3.06 bits per heavy atom. The molecule has 18 heavy (non-hydrogen) atoms. The van der Waals surface area contributed by atoms with Gasteiger partial charge in [0.2, 0.25) is 0 Å². The van der Waals surface area contributed by atoms with Gasteiger partial charge >= 0.3 is 0 Å². The Kier molecular flexibility index (Phi) is 4.88. The molecule has 6 heteroatoms. The molecule has 2 atom stereocenters. The zero-order chi connectivity index (χ0) is 13.0. The van der Waals surface area contributed by atoms with Gasteiger partial charge in [-0.1, -0.05) is 6.92 Å². The van der Waals surface area contributed by atoms with Gasteiger partial charge in [0.05, 0.1) is 6.54 Å². The Balaban J connectivity index is 1.77. The van der Waals surface area contributed by atoms with Gasteiger partial charge in [0.1, 0.15) is 11.6 Å². The van der Waals surface area contributed by atoms with Crippen molar-refractivity contribution in [1.82, 2.24) is 20.1 Å².